The van der Waals surface area contributed by atoms with Crippen LogP contribution in [0, 0.1) is 0 Å². The van der Waals surface area contributed by atoms with Crippen molar-refractivity contribution in [1.29, 1.82) is 0 Å². The van der Waals surface area contributed by atoms with Crippen LogP contribution in [0.25, 0.3) is 9.88 Å². The lowest BCUT2D eigenvalue weighted by atomic mass is 10.3. The summed E-state index contributed by atoms with van der Waals surface area (Å²) < 4.78 is 0. The number of carbonyl (C=O) groups is 1. The van der Waals surface area contributed by atoms with Crippen molar-refractivity contribution >= 4 is 28.6 Å². The van der Waals surface area contributed by atoms with Gasteiger partial charge in [-0.05, 0) is 17.9 Å². The molecule has 0 radical (unpaired) electrons. The zero-order valence-corrected chi connectivity index (χ0v) is 11.5. The van der Waals surface area contributed by atoms with Crippen molar-refractivity contribution in [2.45, 2.75) is 12.8 Å². The highest BCUT2D eigenvalue weighted by atomic mass is 32.1. The second-order valence-corrected chi connectivity index (χ2v) is 5.53. The molecule has 0 saturated heterocycles. The van der Waals surface area contributed by atoms with Crippen molar-refractivity contribution in [3.63, 3.8) is 0 Å². The number of thiophene rings is 1. The molecule has 5 heteroatoms. The fourth-order valence-corrected chi connectivity index (χ4v) is 3.08. The van der Waals surface area contributed by atoms with E-state index in [9.17, 15) is 4.79 Å². The van der Waals surface area contributed by atoms with Crippen LogP contribution in [0.5, 0.6) is 0 Å². The number of hydrogen-bond donors (Lipinski definition) is 1. The lowest BCUT2D eigenvalue weighted by Gasteiger charge is -2.00. The molecule has 0 aromatic carbocycles. The zero-order chi connectivity index (χ0) is 12.8. The van der Waals surface area contributed by atoms with Crippen LogP contribution in [-0.2, 0) is 11.2 Å². The van der Waals surface area contributed by atoms with Crippen LogP contribution in [0.3, 0.4) is 0 Å². The number of amides is 1. The molecule has 2 aromatic rings. The standard InChI is InChI=1S/C13H14N2OS2/c1-2-3-6-14-12(16)8-10-9-18-13(15-10)11-5-4-7-17-11/h2,4-5,7,9H,1,3,6,8H2,(H,14,16). The van der Waals surface area contributed by atoms with Crippen molar-refractivity contribution in [3.05, 3.63) is 41.2 Å². The third-order valence-corrected chi connectivity index (χ3v) is 4.23. The molecule has 0 aliphatic heterocycles. The van der Waals surface area contributed by atoms with E-state index in [1.165, 1.54) is 0 Å². The van der Waals surface area contributed by atoms with Crippen molar-refractivity contribution in [3.8, 4) is 9.88 Å². The highest BCUT2D eigenvalue weighted by molar-refractivity contribution is 7.20. The van der Waals surface area contributed by atoms with Crippen molar-refractivity contribution in [2.75, 3.05) is 6.54 Å². The van der Waals surface area contributed by atoms with Gasteiger partial charge in [0, 0.05) is 11.9 Å². The quantitative estimate of drug-likeness (QED) is 0.651. The van der Waals surface area contributed by atoms with Gasteiger partial charge in [0.25, 0.3) is 0 Å². The molecular formula is C13H14N2OS2. The Hall–Kier alpha value is -1.46. The summed E-state index contributed by atoms with van der Waals surface area (Å²) in [6, 6.07) is 4.04. The molecule has 2 rings (SSSR count). The number of thiazole rings is 1. The van der Waals surface area contributed by atoms with Gasteiger partial charge in [-0.15, -0.1) is 29.3 Å². The van der Waals surface area contributed by atoms with Crippen LogP contribution in [-0.4, -0.2) is 17.4 Å². The van der Waals surface area contributed by atoms with E-state index in [4.69, 9.17) is 0 Å². The van der Waals surface area contributed by atoms with Gasteiger partial charge < -0.3 is 5.32 Å². The highest BCUT2D eigenvalue weighted by Crippen LogP contribution is 2.27. The van der Waals surface area contributed by atoms with Gasteiger partial charge in [-0.2, -0.15) is 0 Å². The molecule has 0 saturated carbocycles. The van der Waals surface area contributed by atoms with Crippen LogP contribution < -0.4 is 5.32 Å². The van der Waals surface area contributed by atoms with Gasteiger partial charge >= 0.3 is 0 Å². The van der Waals surface area contributed by atoms with Gasteiger partial charge in [0.15, 0.2) is 0 Å². The van der Waals surface area contributed by atoms with Crippen molar-refractivity contribution in [2.24, 2.45) is 0 Å². The molecule has 0 aliphatic rings. The Morgan fingerprint density at radius 2 is 2.39 bits per heavy atom. The summed E-state index contributed by atoms with van der Waals surface area (Å²) in [6.45, 7) is 4.26. The van der Waals surface area contributed by atoms with Gasteiger partial charge in [-0.3, -0.25) is 4.79 Å². The maximum atomic E-state index is 11.6. The molecule has 18 heavy (non-hydrogen) atoms. The second kappa shape index (κ2) is 6.47. The van der Waals surface area contributed by atoms with Crippen molar-refractivity contribution < 1.29 is 4.79 Å². The van der Waals surface area contributed by atoms with Crippen LogP contribution in [0.2, 0.25) is 0 Å². The van der Waals surface area contributed by atoms with E-state index in [0.29, 0.717) is 13.0 Å². The minimum atomic E-state index is 0.0138. The lowest BCUT2D eigenvalue weighted by Crippen LogP contribution is -2.25. The molecule has 0 unspecified atom stereocenters. The SMILES string of the molecule is C=CCCNC(=O)Cc1csc(-c2cccs2)n1. The van der Waals surface area contributed by atoms with Crippen LogP contribution >= 0.6 is 22.7 Å². The van der Waals surface area contributed by atoms with Crippen molar-refractivity contribution in [1.82, 2.24) is 10.3 Å². The molecule has 0 bridgehead atoms. The minimum Gasteiger partial charge on any atom is -0.355 e. The molecule has 2 aromatic heterocycles. The van der Waals surface area contributed by atoms with Gasteiger partial charge in [0.1, 0.15) is 5.01 Å². The molecule has 1 N–H and O–H groups in total. The van der Waals surface area contributed by atoms with Gasteiger partial charge in [-0.25, -0.2) is 4.98 Å². The van der Waals surface area contributed by atoms with Crippen LogP contribution in [0.15, 0.2) is 35.5 Å². The Kier molecular flexibility index (Phi) is 4.66. The first-order valence-corrected chi connectivity index (χ1v) is 7.41. The predicted octanol–water partition coefficient (Wildman–Crippen LogP) is 3.11. The molecule has 0 atom stereocenters. The summed E-state index contributed by atoms with van der Waals surface area (Å²) in [5.74, 6) is 0.0138. The number of carbonyl (C=O) groups excluding carboxylic acids is 1. The average molecular weight is 278 g/mol. The summed E-state index contributed by atoms with van der Waals surface area (Å²) in [6.07, 6.45) is 2.93. The average Bonchev–Trinajstić information content (AvgIpc) is 2.98. The Bertz CT molecular complexity index is 517. The topological polar surface area (TPSA) is 42.0 Å². The molecule has 0 aliphatic carbocycles. The Morgan fingerprint density at radius 1 is 1.50 bits per heavy atom. The number of nitrogens with zero attached hydrogens (tertiary/aromatic N) is 1. The van der Waals surface area contributed by atoms with E-state index in [-0.39, 0.29) is 5.91 Å². The molecule has 1 amide bonds. The summed E-state index contributed by atoms with van der Waals surface area (Å²) in [5.41, 5.74) is 0.833. The van der Waals surface area contributed by atoms with E-state index in [1.807, 2.05) is 22.9 Å². The zero-order valence-electron chi connectivity index (χ0n) is 9.89. The van der Waals surface area contributed by atoms with Crippen LogP contribution in [0.4, 0.5) is 0 Å². The summed E-state index contributed by atoms with van der Waals surface area (Å²) in [7, 11) is 0. The Labute approximate surface area is 114 Å². The molecule has 0 fully saturated rings. The lowest BCUT2D eigenvalue weighted by molar-refractivity contribution is -0.120. The molecular weight excluding hydrogens is 264 g/mol. The summed E-state index contributed by atoms with van der Waals surface area (Å²) in [5, 5.41) is 7.79. The summed E-state index contributed by atoms with van der Waals surface area (Å²) >= 11 is 3.24. The number of nitrogens with one attached hydrogen (secondary N) is 1. The maximum Gasteiger partial charge on any atom is 0.226 e. The van der Waals surface area contributed by atoms with E-state index in [2.05, 4.69) is 16.9 Å². The maximum absolute atomic E-state index is 11.6. The first-order valence-electron chi connectivity index (χ1n) is 5.65. The molecule has 2 heterocycles. The fraction of sp³-hybridized carbons (Fsp3) is 0.231. The number of hydrogen-bond acceptors (Lipinski definition) is 4. The fourth-order valence-electron chi connectivity index (χ4n) is 1.44. The number of aromatic nitrogens is 1. The summed E-state index contributed by atoms with van der Waals surface area (Å²) in [4.78, 5) is 17.2. The number of rotatable bonds is 6. The van der Waals surface area contributed by atoms with E-state index in [1.54, 1.807) is 28.7 Å². The Morgan fingerprint density at radius 3 is 3.11 bits per heavy atom. The monoisotopic (exact) mass is 278 g/mol. The smallest absolute Gasteiger partial charge is 0.226 e. The third kappa shape index (κ3) is 3.51. The van der Waals surface area contributed by atoms with Crippen LogP contribution in [0.1, 0.15) is 12.1 Å². The van der Waals surface area contributed by atoms with Gasteiger partial charge in [-0.1, -0.05) is 12.1 Å². The molecule has 94 valence electrons. The highest BCUT2D eigenvalue weighted by Gasteiger charge is 2.08. The Balaban J connectivity index is 1.90. The van der Waals surface area contributed by atoms with E-state index in [0.717, 1.165) is 22.0 Å². The molecule has 3 nitrogen and oxygen atoms in total. The normalized spacial score (nSPS) is 10.2. The molecule has 0 spiro atoms. The third-order valence-electron chi connectivity index (χ3n) is 2.30. The minimum absolute atomic E-state index is 0.0138. The largest absolute Gasteiger partial charge is 0.355 e. The predicted molar refractivity (Wildman–Crippen MR) is 77.0 cm³/mol. The van der Waals surface area contributed by atoms with Gasteiger partial charge in [0.05, 0.1) is 17.0 Å². The first-order chi connectivity index (χ1) is 8.79. The van der Waals surface area contributed by atoms with E-state index < -0.39 is 0 Å². The van der Waals surface area contributed by atoms with E-state index >= 15 is 0 Å². The first kappa shape index (κ1) is 13.0. The second-order valence-electron chi connectivity index (χ2n) is 3.73. The van der Waals surface area contributed by atoms with Gasteiger partial charge in [0.2, 0.25) is 5.91 Å².